The summed E-state index contributed by atoms with van der Waals surface area (Å²) >= 11 is 2.63. The molecule has 0 aliphatic heterocycles. The molecule has 0 saturated carbocycles. The van der Waals surface area contributed by atoms with Gasteiger partial charge >= 0.3 is 0 Å². The van der Waals surface area contributed by atoms with Gasteiger partial charge in [-0.15, -0.1) is 0 Å². The van der Waals surface area contributed by atoms with E-state index < -0.39 is 0 Å². The Kier molecular flexibility index (Phi) is 11.0. The molecular weight excluding hydrogens is 321 g/mol. The number of hydrogen-bond donors (Lipinski definition) is 1. The molecule has 2 atom stereocenters. The average molecular weight is 353 g/mol. The van der Waals surface area contributed by atoms with E-state index in [2.05, 4.69) is 43.4 Å². The summed E-state index contributed by atoms with van der Waals surface area (Å²) in [7, 11) is 0. The third kappa shape index (κ3) is 11.5. The van der Waals surface area contributed by atoms with Gasteiger partial charge in [0.15, 0.2) is 0 Å². The van der Waals surface area contributed by atoms with Crippen molar-refractivity contribution in [3.63, 3.8) is 0 Å². The van der Waals surface area contributed by atoms with Crippen LogP contribution in [0.15, 0.2) is 0 Å². The highest BCUT2D eigenvalue weighted by Gasteiger charge is 2.17. The van der Waals surface area contributed by atoms with Gasteiger partial charge < -0.3 is 5.73 Å². The van der Waals surface area contributed by atoms with Crippen molar-refractivity contribution in [3.8, 4) is 0 Å². The number of rotatable bonds is 11. The molecule has 0 spiro atoms. The maximum absolute atomic E-state index is 6.07. The molecule has 0 amide bonds. The molecule has 0 aromatic rings. The Morgan fingerprint density at radius 1 is 0.941 bits per heavy atom. The standard InChI is InChI=1S/C15H32IN/c1-4-6-10-14(17)11-8-7-9-13-15(3,16)12-5-2/h14H,4-13,17H2,1-3H3. The predicted molar refractivity (Wildman–Crippen MR) is 87.9 cm³/mol. The first-order valence-corrected chi connectivity index (χ1v) is 8.54. The highest BCUT2D eigenvalue weighted by molar-refractivity contribution is 14.1. The minimum Gasteiger partial charge on any atom is -0.328 e. The number of hydrogen-bond acceptors (Lipinski definition) is 1. The zero-order valence-electron chi connectivity index (χ0n) is 12.1. The summed E-state index contributed by atoms with van der Waals surface area (Å²) in [6, 6.07) is 0.455. The summed E-state index contributed by atoms with van der Waals surface area (Å²) in [4.78, 5) is 0. The highest BCUT2D eigenvalue weighted by Crippen LogP contribution is 2.30. The zero-order chi connectivity index (χ0) is 13.1. The lowest BCUT2D eigenvalue weighted by atomic mass is 9.97. The lowest BCUT2D eigenvalue weighted by Gasteiger charge is -2.21. The van der Waals surface area contributed by atoms with E-state index in [0.29, 0.717) is 9.46 Å². The summed E-state index contributed by atoms with van der Waals surface area (Å²) in [5.41, 5.74) is 6.07. The summed E-state index contributed by atoms with van der Waals surface area (Å²) in [5, 5.41) is 0. The second-order valence-electron chi connectivity index (χ2n) is 5.66. The summed E-state index contributed by atoms with van der Waals surface area (Å²) in [5.74, 6) is 0. The van der Waals surface area contributed by atoms with Crippen molar-refractivity contribution < 1.29 is 0 Å². The lowest BCUT2D eigenvalue weighted by molar-refractivity contribution is 0.478. The first kappa shape index (κ1) is 17.7. The van der Waals surface area contributed by atoms with E-state index in [9.17, 15) is 0 Å². The SMILES string of the molecule is CCCCC(N)CCCCCC(C)(I)CCC. The molecule has 17 heavy (non-hydrogen) atoms. The second-order valence-corrected chi connectivity index (χ2v) is 8.27. The molecule has 0 aromatic heterocycles. The molecule has 104 valence electrons. The van der Waals surface area contributed by atoms with E-state index >= 15 is 0 Å². The van der Waals surface area contributed by atoms with Gasteiger partial charge in [-0.3, -0.25) is 0 Å². The third-order valence-electron chi connectivity index (χ3n) is 3.47. The van der Waals surface area contributed by atoms with Crippen LogP contribution < -0.4 is 5.73 Å². The minimum atomic E-state index is 0.455. The smallest absolute Gasteiger partial charge is 0.0194 e. The molecule has 0 aromatic carbocycles. The van der Waals surface area contributed by atoms with Gasteiger partial charge in [0.2, 0.25) is 0 Å². The Bertz CT molecular complexity index is 168. The minimum absolute atomic E-state index is 0.455. The Morgan fingerprint density at radius 2 is 1.59 bits per heavy atom. The van der Waals surface area contributed by atoms with Crippen LogP contribution in [0.3, 0.4) is 0 Å². The van der Waals surface area contributed by atoms with Gasteiger partial charge in [-0.1, -0.05) is 81.9 Å². The van der Waals surface area contributed by atoms with E-state index in [1.165, 1.54) is 64.2 Å². The van der Waals surface area contributed by atoms with Crippen molar-refractivity contribution >= 4 is 22.6 Å². The van der Waals surface area contributed by atoms with Gasteiger partial charge in [0.1, 0.15) is 0 Å². The molecule has 0 aliphatic rings. The molecule has 0 bridgehead atoms. The Hall–Kier alpha value is 0.690. The van der Waals surface area contributed by atoms with Crippen LogP contribution in [0.4, 0.5) is 0 Å². The first-order chi connectivity index (χ1) is 8.02. The molecule has 0 saturated heterocycles. The van der Waals surface area contributed by atoms with Crippen LogP contribution in [0.25, 0.3) is 0 Å². The van der Waals surface area contributed by atoms with Crippen LogP contribution in [0.1, 0.15) is 85.0 Å². The summed E-state index contributed by atoms with van der Waals surface area (Å²) in [6.45, 7) is 6.91. The number of nitrogens with two attached hydrogens (primary N) is 1. The maximum atomic E-state index is 6.07. The molecule has 0 fully saturated rings. The quantitative estimate of drug-likeness (QED) is 0.298. The molecule has 2 unspecified atom stereocenters. The van der Waals surface area contributed by atoms with Crippen LogP contribution in [-0.4, -0.2) is 9.46 Å². The summed E-state index contributed by atoms with van der Waals surface area (Å²) < 4.78 is 0.525. The van der Waals surface area contributed by atoms with Crippen molar-refractivity contribution in [2.75, 3.05) is 0 Å². The van der Waals surface area contributed by atoms with E-state index in [0.717, 1.165) is 0 Å². The summed E-state index contributed by atoms with van der Waals surface area (Å²) in [6.07, 6.45) is 13.1. The van der Waals surface area contributed by atoms with Gasteiger partial charge in [-0.2, -0.15) is 0 Å². The van der Waals surface area contributed by atoms with Gasteiger partial charge in [0, 0.05) is 9.46 Å². The Balaban J connectivity index is 3.39. The van der Waals surface area contributed by atoms with Crippen molar-refractivity contribution in [1.29, 1.82) is 0 Å². The van der Waals surface area contributed by atoms with Crippen molar-refractivity contribution in [2.45, 2.75) is 94.4 Å². The van der Waals surface area contributed by atoms with Crippen LogP contribution >= 0.6 is 22.6 Å². The zero-order valence-corrected chi connectivity index (χ0v) is 14.3. The van der Waals surface area contributed by atoms with Crippen molar-refractivity contribution in [1.82, 2.24) is 0 Å². The van der Waals surface area contributed by atoms with Crippen molar-refractivity contribution in [3.05, 3.63) is 0 Å². The van der Waals surface area contributed by atoms with Crippen LogP contribution in [0.2, 0.25) is 0 Å². The van der Waals surface area contributed by atoms with Crippen LogP contribution in [0, 0.1) is 0 Å². The maximum Gasteiger partial charge on any atom is 0.0194 e. The van der Waals surface area contributed by atoms with Gasteiger partial charge in [0.25, 0.3) is 0 Å². The molecular formula is C15H32IN. The molecule has 0 heterocycles. The second kappa shape index (κ2) is 10.6. The van der Waals surface area contributed by atoms with Crippen molar-refractivity contribution in [2.24, 2.45) is 5.73 Å². The number of unbranched alkanes of at least 4 members (excludes halogenated alkanes) is 3. The topological polar surface area (TPSA) is 26.0 Å². The Morgan fingerprint density at radius 3 is 2.18 bits per heavy atom. The predicted octanol–water partition coefficient (Wildman–Crippen LogP) is 5.45. The van der Waals surface area contributed by atoms with Crippen LogP contribution in [0.5, 0.6) is 0 Å². The first-order valence-electron chi connectivity index (χ1n) is 7.46. The lowest BCUT2D eigenvalue weighted by Crippen LogP contribution is -2.19. The monoisotopic (exact) mass is 353 g/mol. The molecule has 1 nitrogen and oxygen atoms in total. The molecule has 0 rings (SSSR count). The Labute approximate surface area is 122 Å². The van der Waals surface area contributed by atoms with Gasteiger partial charge in [-0.05, 0) is 25.7 Å². The third-order valence-corrected chi connectivity index (χ3v) is 4.55. The molecule has 2 heteroatoms. The van der Waals surface area contributed by atoms with Gasteiger partial charge in [-0.25, -0.2) is 0 Å². The normalized spacial score (nSPS) is 16.8. The van der Waals surface area contributed by atoms with E-state index in [4.69, 9.17) is 5.73 Å². The van der Waals surface area contributed by atoms with E-state index in [-0.39, 0.29) is 0 Å². The molecule has 2 N–H and O–H groups in total. The van der Waals surface area contributed by atoms with Crippen LogP contribution in [-0.2, 0) is 0 Å². The largest absolute Gasteiger partial charge is 0.328 e. The highest BCUT2D eigenvalue weighted by atomic mass is 127. The fraction of sp³-hybridized carbons (Fsp3) is 1.00. The fourth-order valence-electron chi connectivity index (χ4n) is 2.33. The van der Waals surface area contributed by atoms with Gasteiger partial charge in [0.05, 0.1) is 0 Å². The number of alkyl halides is 1. The fourth-order valence-corrected chi connectivity index (χ4v) is 3.25. The van der Waals surface area contributed by atoms with E-state index in [1.807, 2.05) is 0 Å². The number of halogens is 1. The van der Waals surface area contributed by atoms with E-state index in [1.54, 1.807) is 0 Å². The molecule has 0 radical (unpaired) electrons. The average Bonchev–Trinajstić information content (AvgIpc) is 2.25. The molecule has 0 aliphatic carbocycles.